The molecule has 0 saturated carbocycles. The lowest BCUT2D eigenvalue weighted by molar-refractivity contribution is -0.123. The van der Waals surface area contributed by atoms with Crippen LogP contribution in [-0.4, -0.2) is 35.9 Å². The maximum atomic E-state index is 13.1. The van der Waals surface area contributed by atoms with Crippen LogP contribution in [0.15, 0.2) is 29.6 Å². The zero-order valence-electron chi connectivity index (χ0n) is 13.3. The van der Waals surface area contributed by atoms with Gasteiger partial charge in [-0.05, 0) is 18.9 Å². The molecule has 128 valence electrons. The number of rotatable bonds is 5. The van der Waals surface area contributed by atoms with Crippen molar-refractivity contribution in [3.05, 3.63) is 40.2 Å². The van der Waals surface area contributed by atoms with E-state index in [1.54, 1.807) is 11.3 Å². The molecule has 1 aromatic heterocycles. The summed E-state index contributed by atoms with van der Waals surface area (Å²) in [6.07, 6.45) is 0.228. The molecular formula is C17H19F2N3OS. The lowest BCUT2D eigenvalue weighted by Gasteiger charge is -2.11. The SMILES string of the molecule is Cc1nc(-c2ccc(CCNC(=O)C3CC(F)(F)CN3)cc2)cs1. The predicted molar refractivity (Wildman–Crippen MR) is 90.4 cm³/mol. The predicted octanol–water partition coefficient (Wildman–Crippen LogP) is 2.77. The minimum absolute atomic E-state index is 0.359. The Hall–Kier alpha value is -1.86. The molecule has 0 bridgehead atoms. The van der Waals surface area contributed by atoms with Crippen molar-refractivity contribution in [2.45, 2.75) is 31.7 Å². The standard InChI is InChI=1S/C17H19F2N3OS/c1-11-22-15(9-24-11)13-4-2-12(3-5-13)6-7-20-16(23)14-8-17(18,19)10-21-14/h2-5,9,14,21H,6-8,10H2,1H3,(H,20,23). The second-order valence-electron chi connectivity index (χ2n) is 5.98. The number of halogens is 2. The molecule has 1 aliphatic rings. The van der Waals surface area contributed by atoms with Gasteiger partial charge in [-0.1, -0.05) is 24.3 Å². The van der Waals surface area contributed by atoms with E-state index in [1.807, 2.05) is 36.6 Å². The van der Waals surface area contributed by atoms with E-state index in [0.29, 0.717) is 13.0 Å². The van der Waals surface area contributed by atoms with Crippen LogP contribution in [0.5, 0.6) is 0 Å². The third kappa shape index (κ3) is 4.15. The number of carbonyl (C=O) groups is 1. The zero-order valence-corrected chi connectivity index (χ0v) is 14.1. The molecule has 2 heterocycles. The van der Waals surface area contributed by atoms with Gasteiger partial charge in [-0.15, -0.1) is 11.3 Å². The van der Waals surface area contributed by atoms with Gasteiger partial charge in [-0.3, -0.25) is 10.1 Å². The third-order valence-corrected chi connectivity index (χ3v) is 4.78. The van der Waals surface area contributed by atoms with Gasteiger partial charge in [0.25, 0.3) is 5.92 Å². The fourth-order valence-electron chi connectivity index (χ4n) is 2.69. The first-order valence-corrected chi connectivity index (χ1v) is 8.71. The summed E-state index contributed by atoms with van der Waals surface area (Å²) in [7, 11) is 0. The minimum Gasteiger partial charge on any atom is -0.354 e. The van der Waals surface area contributed by atoms with Crippen LogP contribution < -0.4 is 10.6 Å². The van der Waals surface area contributed by atoms with Crippen LogP contribution in [0.3, 0.4) is 0 Å². The molecule has 4 nitrogen and oxygen atoms in total. The summed E-state index contributed by atoms with van der Waals surface area (Å²) in [6, 6.07) is 7.21. The van der Waals surface area contributed by atoms with Crippen molar-refractivity contribution in [2.24, 2.45) is 0 Å². The van der Waals surface area contributed by atoms with E-state index in [1.165, 1.54) is 0 Å². The van der Waals surface area contributed by atoms with Gasteiger partial charge in [0.1, 0.15) is 0 Å². The summed E-state index contributed by atoms with van der Waals surface area (Å²) in [4.78, 5) is 16.3. The number of nitrogens with one attached hydrogen (secondary N) is 2. The first-order valence-electron chi connectivity index (χ1n) is 7.83. The molecule has 1 atom stereocenters. The van der Waals surface area contributed by atoms with E-state index in [2.05, 4.69) is 15.6 Å². The molecule has 0 aliphatic carbocycles. The normalized spacial score (nSPS) is 19.4. The van der Waals surface area contributed by atoms with E-state index >= 15 is 0 Å². The fraction of sp³-hybridized carbons (Fsp3) is 0.412. The number of hydrogen-bond donors (Lipinski definition) is 2. The Balaban J connectivity index is 1.48. The highest BCUT2D eigenvalue weighted by atomic mass is 32.1. The van der Waals surface area contributed by atoms with E-state index < -0.39 is 24.9 Å². The number of thiazole rings is 1. The molecule has 0 radical (unpaired) electrons. The largest absolute Gasteiger partial charge is 0.354 e. The second kappa shape index (κ2) is 6.94. The number of aryl methyl sites for hydroxylation is 1. The first-order chi connectivity index (χ1) is 11.4. The molecule has 1 aromatic carbocycles. The van der Waals surface area contributed by atoms with Gasteiger partial charge in [-0.25, -0.2) is 13.8 Å². The Morgan fingerprint density at radius 3 is 2.75 bits per heavy atom. The van der Waals surface area contributed by atoms with Gasteiger partial charge in [0.2, 0.25) is 5.91 Å². The Kier molecular flexibility index (Phi) is 4.91. The highest BCUT2D eigenvalue weighted by Gasteiger charge is 2.42. The van der Waals surface area contributed by atoms with E-state index in [-0.39, 0.29) is 5.91 Å². The molecule has 0 spiro atoms. The van der Waals surface area contributed by atoms with Crippen LogP contribution in [0.4, 0.5) is 8.78 Å². The van der Waals surface area contributed by atoms with Crippen LogP contribution >= 0.6 is 11.3 Å². The van der Waals surface area contributed by atoms with Crippen LogP contribution in [0, 0.1) is 6.92 Å². The lowest BCUT2D eigenvalue weighted by atomic mass is 10.1. The Morgan fingerprint density at radius 1 is 1.42 bits per heavy atom. The van der Waals surface area contributed by atoms with Crippen molar-refractivity contribution in [3.63, 3.8) is 0 Å². The molecule has 1 saturated heterocycles. The molecule has 1 fully saturated rings. The quantitative estimate of drug-likeness (QED) is 0.871. The number of hydrogen-bond acceptors (Lipinski definition) is 4. The van der Waals surface area contributed by atoms with Gasteiger partial charge >= 0.3 is 0 Å². The average molecular weight is 351 g/mol. The minimum atomic E-state index is -2.79. The van der Waals surface area contributed by atoms with E-state index in [9.17, 15) is 13.6 Å². The van der Waals surface area contributed by atoms with Crippen molar-refractivity contribution in [2.75, 3.05) is 13.1 Å². The summed E-state index contributed by atoms with van der Waals surface area (Å²) < 4.78 is 26.1. The summed E-state index contributed by atoms with van der Waals surface area (Å²) in [5.74, 6) is -3.15. The second-order valence-corrected chi connectivity index (χ2v) is 7.05. The molecule has 1 unspecified atom stereocenters. The number of alkyl halides is 2. The zero-order chi connectivity index (χ0) is 17.2. The van der Waals surface area contributed by atoms with Crippen LogP contribution in [-0.2, 0) is 11.2 Å². The highest BCUT2D eigenvalue weighted by molar-refractivity contribution is 7.09. The molecule has 1 amide bonds. The molecular weight excluding hydrogens is 332 g/mol. The van der Waals surface area contributed by atoms with E-state index in [4.69, 9.17) is 0 Å². The summed E-state index contributed by atoms with van der Waals surface area (Å²) >= 11 is 1.61. The summed E-state index contributed by atoms with van der Waals surface area (Å²) in [5.41, 5.74) is 3.10. The van der Waals surface area contributed by atoms with Crippen molar-refractivity contribution >= 4 is 17.2 Å². The number of carbonyl (C=O) groups excluding carboxylic acids is 1. The monoisotopic (exact) mass is 351 g/mol. The highest BCUT2D eigenvalue weighted by Crippen LogP contribution is 2.25. The molecule has 7 heteroatoms. The molecule has 2 N–H and O–H groups in total. The Bertz CT molecular complexity index is 715. The number of benzene rings is 1. The molecule has 24 heavy (non-hydrogen) atoms. The maximum Gasteiger partial charge on any atom is 0.262 e. The molecule has 1 aliphatic heterocycles. The number of amides is 1. The van der Waals surface area contributed by atoms with Crippen LogP contribution in [0.2, 0.25) is 0 Å². The Morgan fingerprint density at radius 2 is 2.17 bits per heavy atom. The van der Waals surface area contributed by atoms with Gasteiger partial charge < -0.3 is 5.32 Å². The smallest absolute Gasteiger partial charge is 0.262 e. The van der Waals surface area contributed by atoms with Gasteiger partial charge in [-0.2, -0.15) is 0 Å². The van der Waals surface area contributed by atoms with Gasteiger partial charge in [0, 0.05) is 23.9 Å². The fourth-order valence-corrected chi connectivity index (χ4v) is 3.31. The third-order valence-electron chi connectivity index (χ3n) is 4.01. The topological polar surface area (TPSA) is 54.0 Å². The van der Waals surface area contributed by atoms with Gasteiger partial charge in [0.15, 0.2) is 0 Å². The van der Waals surface area contributed by atoms with Gasteiger partial charge in [0.05, 0.1) is 23.3 Å². The Labute approximate surface area is 143 Å². The van der Waals surface area contributed by atoms with E-state index in [0.717, 1.165) is 21.8 Å². The van der Waals surface area contributed by atoms with Crippen LogP contribution in [0.25, 0.3) is 11.3 Å². The first kappa shape index (κ1) is 17.0. The van der Waals surface area contributed by atoms with Crippen molar-refractivity contribution in [1.82, 2.24) is 15.6 Å². The van der Waals surface area contributed by atoms with Crippen molar-refractivity contribution in [1.29, 1.82) is 0 Å². The summed E-state index contributed by atoms with van der Waals surface area (Å²) in [6.45, 7) is 1.97. The van der Waals surface area contributed by atoms with Crippen molar-refractivity contribution in [3.8, 4) is 11.3 Å². The molecule has 3 rings (SSSR count). The summed E-state index contributed by atoms with van der Waals surface area (Å²) in [5, 5.41) is 8.32. The van der Waals surface area contributed by atoms with Crippen molar-refractivity contribution < 1.29 is 13.6 Å². The lowest BCUT2D eigenvalue weighted by Crippen LogP contribution is -2.41. The number of aromatic nitrogens is 1. The average Bonchev–Trinajstić information content (AvgIpc) is 3.13. The maximum absolute atomic E-state index is 13.1. The number of nitrogens with zero attached hydrogens (tertiary/aromatic N) is 1. The molecule has 2 aromatic rings. The van der Waals surface area contributed by atoms with Crippen LogP contribution in [0.1, 0.15) is 17.0 Å².